The number of rotatable bonds is 8. The number of aromatic carboxylic acids is 1. The Morgan fingerprint density at radius 3 is 2.32 bits per heavy atom. The summed E-state index contributed by atoms with van der Waals surface area (Å²) in [6, 6.07) is 19.9. The molecule has 0 aliphatic rings. The maximum Gasteiger partial charge on any atom is 0.337 e. The number of hydrogen-bond acceptors (Lipinski definition) is 5. The van der Waals surface area contributed by atoms with E-state index in [2.05, 4.69) is 5.32 Å². The van der Waals surface area contributed by atoms with Crippen LogP contribution in [0, 0.1) is 0 Å². The number of amides is 1. The van der Waals surface area contributed by atoms with Crippen LogP contribution in [0.2, 0.25) is 0 Å². The number of hydrogen-bond donors (Lipinski definition) is 2. The first kappa shape index (κ1) is 21.8. The number of sulfonamides is 1. The van der Waals surface area contributed by atoms with Gasteiger partial charge in [-0.15, -0.1) is 0 Å². The van der Waals surface area contributed by atoms with Crippen molar-refractivity contribution in [2.75, 3.05) is 23.3 Å². The van der Waals surface area contributed by atoms with Gasteiger partial charge in [0.1, 0.15) is 12.3 Å². The summed E-state index contributed by atoms with van der Waals surface area (Å²) >= 11 is 0. The van der Waals surface area contributed by atoms with Crippen molar-refractivity contribution in [3.05, 3.63) is 84.4 Å². The Hall–Kier alpha value is -3.85. The normalized spacial score (nSPS) is 10.9. The molecule has 0 heterocycles. The first-order valence-corrected chi connectivity index (χ1v) is 10.6. The molecular weight excluding hydrogens is 420 g/mol. The Kier molecular flexibility index (Phi) is 6.56. The maximum atomic E-state index is 13.3. The second-order valence-electron chi connectivity index (χ2n) is 6.43. The third-order valence-electron chi connectivity index (χ3n) is 4.39. The van der Waals surface area contributed by atoms with Gasteiger partial charge in [0.2, 0.25) is 5.91 Å². The van der Waals surface area contributed by atoms with Gasteiger partial charge in [0.05, 0.1) is 28.9 Å². The van der Waals surface area contributed by atoms with Crippen LogP contribution in [-0.2, 0) is 14.8 Å². The fourth-order valence-corrected chi connectivity index (χ4v) is 4.33. The SMILES string of the molecule is COc1cccc(N(CC(=O)Nc2ccccc2C(=O)O)S(=O)(=O)c2ccccc2)c1. The van der Waals surface area contributed by atoms with Crippen LogP contribution >= 0.6 is 0 Å². The molecule has 0 aliphatic carbocycles. The van der Waals surface area contributed by atoms with Crippen molar-refractivity contribution in [2.24, 2.45) is 0 Å². The summed E-state index contributed by atoms with van der Waals surface area (Å²) in [5, 5.41) is 11.8. The molecule has 0 saturated heterocycles. The van der Waals surface area contributed by atoms with Gasteiger partial charge in [0, 0.05) is 6.07 Å². The van der Waals surface area contributed by atoms with Gasteiger partial charge >= 0.3 is 5.97 Å². The second kappa shape index (κ2) is 9.31. The largest absolute Gasteiger partial charge is 0.497 e. The molecule has 0 spiro atoms. The van der Waals surface area contributed by atoms with Crippen LogP contribution in [-0.4, -0.2) is 39.1 Å². The van der Waals surface area contributed by atoms with Crippen LogP contribution in [0.4, 0.5) is 11.4 Å². The average Bonchev–Trinajstić information content (AvgIpc) is 2.78. The van der Waals surface area contributed by atoms with E-state index >= 15 is 0 Å². The zero-order chi connectivity index (χ0) is 22.4. The van der Waals surface area contributed by atoms with Crippen molar-refractivity contribution >= 4 is 33.3 Å². The minimum absolute atomic E-state index is 0.0107. The summed E-state index contributed by atoms with van der Waals surface area (Å²) in [7, 11) is -2.64. The van der Waals surface area contributed by atoms with E-state index in [1.807, 2.05) is 0 Å². The summed E-state index contributed by atoms with van der Waals surface area (Å²) < 4.78 is 32.7. The predicted molar refractivity (Wildman–Crippen MR) is 116 cm³/mol. The molecule has 2 N–H and O–H groups in total. The molecule has 8 nitrogen and oxygen atoms in total. The number of nitrogens with one attached hydrogen (secondary N) is 1. The Bertz CT molecular complexity index is 1200. The van der Waals surface area contributed by atoms with Crippen LogP contribution in [0.3, 0.4) is 0 Å². The fourth-order valence-electron chi connectivity index (χ4n) is 2.90. The standard InChI is InChI=1S/C22H20N2O6S/c1-30-17-9-7-8-16(14-17)24(31(28,29)18-10-3-2-4-11-18)15-21(25)23-20-13-6-5-12-19(20)22(26)27/h2-14H,15H2,1H3,(H,23,25)(H,26,27). The quantitative estimate of drug-likeness (QED) is 0.556. The number of para-hydroxylation sites is 1. The van der Waals surface area contributed by atoms with Gasteiger partial charge in [0.25, 0.3) is 10.0 Å². The average molecular weight is 440 g/mol. The highest BCUT2D eigenvalue weighted by Crippen LogP contribution is 2.27. The summed E-state index contributed by atoms with van der Waals surface area (Å²) in [6.07, 6.45) is 0. The molecule has 0 radical (unpaired) electrons. The number of carboxylic acid groups (broad SMARTS) is 1. The summed E-state index contributed by atoms with van der Waals surface area (Å²) in [5.74, 6) is -1.49. The van der Waals surface area contributed by atoms with Crippen molar-refractivity contribution in [3.63, 3.8) is 0 Å². The molecule has 31 heavy (non-hydrogen) atoms. The van der Waals surface area contributed by atoms with E-state index in [0.717, 1.165) is 4.31 Å². The Morgan fingerprint density at radius 1 is 0.968 bits per heavy atom. The van der Waals surface area contributed by atoms with Crippen molar-refractivity contribution in [1.29, 1.82) is 0 Å². The molecular formula is C22H20N2O6S. The summed E-state index contributed by atoms with van der Waals surface area (Å²) in [6.45, 7) is -0.571. The van der Waals surface area contributed by atoms with Crippen LogP contribution in [0.25, 0.3) is 0 Å². The highest BCUT2D eigenvalue weighted by atomic mass is 32.2. The van der Waals surface area contributed by atoms with Crippen molar-refractivity contribution in [1.82, 2.24) is 0 Å². The van der Waals surface area contributed by atoms with Crippen LogP contribution in [0.15, 0.2) is 83.8 Å². The molecule has 0 aliphatic heterocycles. The molecule has 3 aromatic carbocycles. The van der Waals surface area contributed by atoms with Crippen molar-refractivity contribution < 1.29 is 27.9 Å². The molecule has 9 heteroatoms. The summed E-state index contributed by atoms with van der Waals surface area (Å²) in [4.78, 5) is 24.2. The molecule has 1 amide bonds. The molecule has 0 aromatic heterocycles. The molecule has 0 saturated carbocycles. The minimum atomic E-state index is -4.09. The van der Waals surface area contributed by atoms with Gasteiger partial charge < -0.3 is 15.2 Å². The predicted octanol–water partition coefficient (Wildman–Crippen LogP) is 3.23. The Morgan fingerprint density at radius 2 is 1.65 bits per heavy atom. The van der Waals surface area contributed by atoms with Crippen molar-refractivity contribution in [2.45, 2.75) is 4.90 Å². The number of carbonyl (C=O) groups excluding carboxylic acids is 1. The number of carboxylic acids is 1. The monoisotopic (exact) mass is 440 g/mol. The number of methoxy groups -OCH3 is 1. The van der Waals surface area contributed by atoms with E-state index in [0.29, 0.717) is 5.75 Å². The molecule has 3 aromatic rings. The Balaban J connectivity index is 1.97. The molecule has 0 bridgehead atoms. The van der Waals surface area contributed by atoms with E-state index in [9.17, 15) is 23.1 Å². The van der Waals surface area contributed by atoms with Gasteiger partial charge in [0.15, 0.2) is 0 Å². The van der Waals surface area contributed by atoms with E-state index < -0.39 is 28.4 Å². The zero-order valence-electron chi connectivity index (χ0n) is 16.6. The zero-order valence-corrected chi connectivity index (χ0v) is 17.4. The molecule has 0 unspecified atom stereocenters. The lowest BCUT2D eigenvalue weighted by molar-refractivity contribution is -0.114. The van der Waals surface area contributed by atoms with E-state index in [1.165, 1.54) is 43.5 Å². The number of anilines is 2. The maximum absolute atomic E-state index is 13.3. The number of benzene rings is 3. The summed E-state index contributed by atoms with van der Waals surface area (Å²) in [5.41, 5.74) is 0.197. The topological polar surface area (TPSA) is 113 Å². The molecule has 3 rings (SSSR count). The highest BCUT2D eigenvalue weighted by molar-refractivity contribution is 7.92. The van der Waals surface area contributed by atoms with Crippen LogP contribution < -0.4 is 14.4 Å². The van der Waals surface area contributed by atoms with Gasteiger partial charge in [-0.3, -0.25) is 9.10 Å². The van der Waals surface area contributed by atoms with Gasteiger partial charge in [-0.1, -0.05) is 36.4 Å². The molecule has 0 fully saturated rings. The fraction of sp³-hybridized carbons (Fsp3) is 0.0909. The van der Waals surface area contributed by atoms with Crippen LogP contribution in [0.1, 0.15) is 10.4 Å². The third kappa shape index (κ3) is 5.01. The number of nitrogens with zero attached hydrogens (tertiary/aromatic N) is 1. The van der Waals surface area contributed by atoms with Gasteiger partial charge in [-0.2, -0.15) is 0 Å². The molecule has 0 atom stereocenters. The van der Waals surface area contributed by atoms with Gasteiger partial charge in [-0.25, -0.2) is 13.2 Å². The highest BCUT2D eigenvalue weighted by Gasteiger charge is 2.28. The lowest BCUT2D eigenvalue weighted by atomic mass is 10.2. The number of ether oxygens (including phenoxy) is 1. The first-order valence-electron chi connectivity index (χ1n) is 9.17. The van der Waals surface area contributed by atoms with Crippen LogP contribution in [0.5, 0.6) is 5.75 Å². The Labute approximate surface area is 179 Å². The smallest absolute Gasteiger partial charge is 0.337 e. The lowest BCUT2D eigenvalue weighted by Gasteiger charge is -2.24. The van der Waals surface area contributed by atoms with E-state index in [-0.39, 0.29) is 21.8 Å². The first-order chi connectivity index (χ1) is 14.8. The van der Waals surface area contributed by atoms with Gasteiger partial charge in [-0.05, 0) is 36.4 Å². The molecule has 160 valence electrons. The van der Waals surface area contributed by atoms with E-state index in [4.69, 9.17) is 4.74 Å². The second-order valence-corrected chi connectivity index (χ2v) is 8.29. The van der Waals surface area contributed by atoms with Crippen molar-refractivity contribution in [3.8, 4) is 5.75 Å². The lowest BCUT2D eigenvalue weighted by Crippen LogP contribution is -2.38. The minimum Gasteiger partial charge on any atom is -0.497 e. The third-order valence-corrected chi connectivity index (χ3v) is 6.18. The van der Waals surface area contributed by atoms with E-state index in [1.54, 1.807) is 42.5 Å². The number of carbonyl (C=O) groups is 2.